The highest BCUT2D eigenvalue weighted by atomic mass is 16.7. The van der Waals surface area contributed by atoms with Gasteiger partial charge in [-0.25, -0.2) is 0 Å². The fraction of sp³-hybridized carbons (Fsp3) is 0.826. The zero-order chi connectivity index (χ0) is 44.1. The number of carbonyl (C=O) groups excluding carboxylic acids is 2. The highest BCUT2D eigenvalue weighted by molar-refractivity contribution is 5.73. The van der Waals surface area contributed by atoms with E-state index in [9.17, 15) is 30.0 Å². The Morgan fingerprint density at radius 2 is 1.57 bits per heavy atom. The predicted molar refractivity (Wildman–Crippen MR) is 226 cm³/mol. The number of aliphatic hydroxyl groups is 4. The number of esters is 2. The predicted octanol–water partition coefficient (Wildman–Crippen LogP) is 4.81. The molecule has 1 aromatic carbocycles. The Kier molecular flexibility index (Phi) is 20.2. The summed E-state index contributed by atoms with van der Waals surface area (Å²) in [6.07, 6.45) is -2.54. The van der Waals surface area contributed by atoms with Crippen LogP contribution in [-0.4, -0.2) is 149 Å². The van der Waals surface area contributed by atoms with Crippen molar-refractivity contribution in [1.29, 1.82) is 0 Å². The molecule has 4 N–H and O–H groups in total. The first-order chi connectivity index (χ1) is 28.4. The molecular weight excluding hydrogens is 773 g/mol. The molecule has 0 amide bonds. The summed E-state index contributed by atoms with van der Waals surface area (Å²) in [6.45, 7) is 14.2. The highest BCUT2D eigenvalue weighted by Crippen LogP contribution is 2.33. The molecule has 0 aromatic heterocycles. The van der Waals surface area contributed by atoms with Crippen LogP contribution in [0.3, 0.4) is 0 Å². The van der Waals surface area contributed by atoms with Crippen LogP contribution >= 0.6 is 0 Å². The number of aliphatic hydroxyl groups excluding tert-OH is 3. The van der Waals surface area contributed by atoms with E-state index in [1.54, 1.807) is 20.8 Å². The van der Waals surface area contributed by atoms with Crippen molar-refractivity contribution in [1.82, 2.24) is 9.80 Å². The van der Waals surface area contributed by atoms with Crippen LogP contribution in [0.4, 0.5) is 0 Å². The van der Waals surface area contributed by atoms with Crippen LogP contribution in [0.15, 0.2) is 30.3 Å². The quantitative estimate of drug-likeness (QED) is 0.148. The van der Waals surface area contributed by atoms with Crippen molar-refractivity contribution >= 4 is 11.9 Å². The fourth-order valence-corrected chi connectivity index (χ4v) is 8.84. The van der Waals surface area contributed by atoms with Gasteiger partial charge in [0, 0.05) is 44.8 Å². The summed E-state index contributed by atoms with van der Waals surface area (Å²) in [4.78, 5) is 30.8. The topological polar surface area (TPSA) is 177 Å². The van der Waals surface area contributed by atoms with E-state index in [1.807, 2.05) is 65.2 Å². The number of unbranched alkanes of at least 4 members (excludes halogenated alkanes) is 2. The lowest BCUT2D eigenvalue weighted by molar-refractivity contribution is -0.269. The summed E-state index contributed by atoms with van der Waals surface area (Å²) in [5.41, 5.74) is -0.853. The normalized spacial score (nSPS) is 38.1. The van der Waals surface area contributed by atoms with Gasteiger partial charge in [0.15, 0.2) is 12.6 Å². The van der Waals surface area contributed by atoms with Gasteiger partial charge in [0.2, 0.25) is 0 Å². The molecule has 3 heterocycles. The molecule has 0 aliphatic carbocycles. The SMILES string of the molecule is CC[C@H]1OC(=O)[C@H](C)[C@@H](O[C@H]2C[C@H](C)[C@@H](O)[C@H](C)O2)C[C@@H](O[C@H]2C[C@@H](N(C)C)C[C@@H](C)O2)[C@H](O)C[C@@H](C)CN(CCCCCC(=O)OCc2ccccc2)C[C@@H](O)[C@]1(C)O. The van der Waals surface area contributed by atoms with E-state index >= 15 is 0 Å². The van der Waals surface area contributed by atoms with E-state index < -0.39 is 72.8 Å². The minimum absolute atomic E-state index is 0.0702. The van der Waals surface area contributed by atoms with Gasteiger partial charge >= 0.3 is 11.9 Å². The summed E-state index contributed by atoms with van der Waals surface area (Å²) in [6, 6.07) is 9.78. The molecule has 15 atom stereocenters. The molecule has 0 bridgehead atoms. The minimum atomic E-state index is -1.79. The van der Waals surface area contributed by atoms with Crippen molar-refractivity contribution in [2.45, 2.75) is 192 Å². The molecule has 3 fully saturated rings. The van der Waals surface area contributed by atoms with Crippen LogP contribution in [0.2, 0.25) is 0 Å². The minimum Gasteiger partial charge on any atom is -0.461 e. The van der Waals surface area contributed by atoms with Crippen molar-refractivity contribution in [2.24, 2.45) is 17.8 Å². The van der Waals surface area contributed by atoms with Crippen LogP contribution in [0.5, 0.6) is 0 Å². The number of benzene rings is 1. The number of cyclic esters (lactones) is 1. The lowest BCUT2D eigenvalue weighted by Gasteiger charge is -2.41. The molecule has 3 aliphatic rings. The molecule has 1 aromatic rings. The molecule has 60 heavy (non-hydrogen) atoms. The molecule has 0 saturated carbocycles. The van der Waals surface area contributed by atoms with Crippen LogP contribution in [0, 0.1) is 17.8 Å². The van der Waals surface area contributed by atoms with Gasteiger partial charge in [-0.15, -0.1) is 0 Å². The van der Waals surface area contributed by atoms with Crippen molar-refractivity contribution in [2.75, 3.05) is 33.7 Å². The first-order valence-corrected chi connectivity index (χ1v) is 22.5. The second kappa shape index (κ2) is 24.0. The molecule has 14 nitrogen and oxygen atoms in total. The van der Waals surface area contributed by atoms with Gasteiger partial charge in [-0.3, -0.25) is 9.59 Å². The molecule has 344 valence electrons. The van der Waals surface area contributed by atoms with E-state index in [2.05, 4.69) is 9.80 Å². The van der Waals surface area contributed by atoms with Crippen molar-refractivity contribution in [3.63, 3.8) is 0 Å². The molecule has 0 radical (unpaired) electrons. The molecular formula is C46H78N2O12. The first-order valence-electron chi connectivity index (χ1n) is 22.5. The van der Waals surface area contributed by atoms with Gasteiger partial charge in [-0.2, -0.15) is 0 Å². The third-order valence-corrected chi connectivity index (χ3v) is 12.9. The second-order valence-corrected chi connectivity index (χ2v) is 18.5. The number of hydrogen-bond donors (Lipinski definition) is 4. The molecule has 4 rings (SSSR count). The monoisotopic (exact) mass is 851 g/mol. The van der Waals surface area contributed by atoms with Gasteiger partial charge in [-0.1, -0.05) is 57.5 Å². The van der Waals surface area contributed by atoms with Crippen molar-refractivity contribution < 1.29 is 58.4 Å². The Balaban J connectivity index is 1.55. The Bertz CT molecular complexity index is 1410. The van der Waals surface area contributed by atoms with Crippen LogP contribution in [0.25, 0.3) is 0 Å². The third kappa shape index (κ3) is 15.2. The highest BCUT2D eigenvalue weighted by Gasteiger charge is 2.45. The average Bonchev–Trinajstić information content (AvgIpc) is 3.19. The Morgan fingerprint density at radius 3 is 2.23 bits per heavy atom. The third-order valence-electron chi connectivity index (χ3n) is 12.9. The smallest absolute Gasteiger partial charge is 0.311 e. The van der Waals surface area contributed by atoms with E-state index in [0.717, 1.165) is 24.8 Å². The summed E-state index contributed by atoms with van der Waals surface area (Å²) >= 11 is 0. The van der Waals surface area contributed by atoms with Crippen LogP contribution < -0.4 is 0 Å². The van der Waals surface area contributed by atoms with E-state index in [4.69, 9.17) is 28.4 Å². The molecule has 0 spiro atoms. The number of carbonyl (C=O) groups is 2. The summed E-state index contributed by atoms with van der Waals surface area (Å²) in [5.74, 6) is -1.96. The van der Waals surface area contributed by atoms with Gasteiger partial charge in [-0.05, 0) is 97.8 Å². The molecule has 3 saturated heterocycles. The lowest BCUT2D eigenvalue weighted by Crippen LogP contribution is -2.56. The van der Waals surface area contributed by atoms with E-state index in [-0.39, 0.29) is 55.9 Å². The number of ether oxygens (including phenoxy) is 6. The summed E-state index contributed by atoms with van der Waals surface area (Å²) in [7, 11) is 4.07. The summed E-state index contributed by atoms with van der Waals surface area (Å²) in [5, 5.41) is 46.2. The average molecular weight is 851 g/mol. The van der Waals surface area contributed by atoms with Crippen LogP contribution in [-0.2, 0) is 44.6 Å². The Morgan fingerprint density at radius 1 is 0.883 bits per heavy atom. The van der Waals surface area contributed by atoms with Crippen molar-refractivity contribution in [3.8, 4) is 0 Å². The number of β-amino-alcohol motifs (C(OH)–C–C–N with tert-alkyl or cyclic N) is 1. The number of hydrogen-bond acceptors (Lipinski definition) is 14. The fourth-order valence-electron chi connectivity index (χ4n) is 8.84. The first kappa shape index (κ1) is 50.4. The number of nitrogens with zero attached hydrogens (tertiary/aromatic N) is 2. The Labute approximate surface area is 359 Å². The standard InChI is InChI=1S/C46H78N2O12/c1-10-40-46(7,54)39(50)27-48(20-16-12-15-19-41(51)55-28-34-17-13-11-14-18-34)26-29(2)21-36(49)38(59-43-24-35(47(8)9)23-31(4)56-43)25-37(32(5)45(53)60-40)58-42-22-30(3)44(52)33(6)57-42/h11,13-14,17-18,29-33,35-40,42-44,49-50,52,54H,10,12,15-16,19-28H2,1-9H3/t29-,30+,31-,32-,33+,35+,36-,37+,38-,39-,40-,42+,43+,44-,46+/m1/s1. The number of rotatable bonds is 14. The van der Waals surface area contributed by atoms with Gasteiger partial charge in [0.25, 0.3) is 0 Å². The Hall–Kier alpha value is -2.24. The lowest BCUT2D eigenvalue weighted by atomic mass is 9.89. The van der Waals surface area contributed by atoms with Gasteiger partial charge in [0.05, 0.1) is 48.6 Å². The maximum absolute atomic E-state index is 14.1. The van der Waals surface area contributed by atoms with Gasteiger partial charge < -0.3 is 58.6 Å². The molecule has 14 heteroatoms. The maximum Gasteiger partial charge on any atom is 0.311 e. The zero-order valence-electron chi connectivity index (χ0n) is 37.8. The second-order valence-electron chi connectivity index (χ2n) is 18.5. The molecule has 3 aliphatic heterocycles. The largest absolute Gasteiger partial charge is 0.461 e. The molecule has 0 unspecified atom stereocenters. The van der Waals surface area contributed by atoms with Gasteiger partial charge in [0.1, 0.15) is 18.3 Å². The van der Waals surface area contributed by atoms with E-state index in [0.29, 0.717) is 45.2 Å². The van der Waals surface area contributed by atoms with Crippen molar-refractivity contribution in [3.05, 3.63) is 35.9 Å². The van der Waals surface area contributed by atoms with Crippen LogP contribution in [0.1, 0.15) is 118 Å². The summed E-state index contributed by atoms with van der Waals surface area (Å²) < 4.78 is 37.2. The zero-order valence-corrected chi connectivity index (χ0v) is 37.8. The van der Waals surface area contributed by atoms with E-state index in [1.165, 1.54) is 6.92 Å². The maximum atomic E-state index is 14.1.